The topological polar surface area (TPSA) is 66.6 Å². The molecular formula is C17H21N3O2. The molecule has 0 saturated carbocycles. The summed E-state index contributed by atoms with van der Waals surface area (Å²) in [4.78, 5) is 11.6. The number of carbonyl (C=O) groups excluding carboxylic acids is 1. The largest absolute Gasteiger partial charge is 0.460 e. The SMILES string of the molecule is Cc1cccc(NCCCC(=O)N/N=C/c2ccc(C)o2)c1. The molecule has 1 aromatic heterocycles. The third-order valence-corrected chi connectivity index (χ3v) is 3.07. The van der Waals surface area contributed by atoms with Crippen LogP contribution in [-0.4, -0.2) is 18.7 Å². The number of furan rings is 1. The van der Waals surface area contributed by atoms with Gasteiger partial charge in [0.1, 0.15) is 11.5 Å². The average Bonchev–Trinajstić information content (AvgIpc) is 2.89. The van der Waals surface area contributed by atoms with Crippen molar-refractivity contribution in [1.82, 2.24) is 5.43 Å². The second kappa shape index (κ2) is 8.02. The van der Waals surface area contributed by atoms with Crippen molar-refractivity contribution in [1.29, 1.82) is 0 Å². The molecule has 1 amide bonds. The van der Waals surface area contributed by atoms with Crippen LogP contribution in [0.15, 0.2) is 45.9 Å². The smallest absolute Gasteiger partial charge is 0.240 e. The van der Waals surface area contributed by atoms with Crippen LogP contribution in [0.1, 0.15) is 29.9 Å². The molecule has 0 spiro atoms. The van der Waals surface area contributed by atoms with Gasteiger partial charge in [0.05, 0.1) is 6.21 Å². The minimum Gasteiger partial charge on any atom is -0.460 e. The summed E-state index contributed by atoms with van der Waals surface area (Å²) in [7, 11) is 0. The predicted octanol–water partition coefficient (Wildman–Crippen LogP) is 3.24. The van der Waals surface area contributed by atoms with Gasteiger partial charge in [-0.3, -0.25) is 4.79 Å². The van der Waals surface area contributed by atoms with Crippen LogP contribution in [-0.2, 0) is 4.79 Å². The van der Waals surface area contributed by atoms with Crippen molar-refractivity contribution in [2.45, 2.75) is 26.7 Å². The lowest BCUT2D eigenvalue weighted by Gasteiger charge is -2.06. The van der Waals surface area contributed by atoms with E-state index in [0.717, 1.165) is 24.4 Å². The molecule has 0 radical (unpaired) electrons. The first-order valence-electron chi connectivity index (χ1n) is 7.32. The number of amides is 1. The Morgan fingerprint density at radius 1 is 1.27 bits per heavy atom. The number of nitrogens with one attached hydrogen (secondary N) is 2. The van der Waals surface area contributed by atoms with E-state index in [2.05, 4.69) is 34.9 Å². The maximum atomic E-state index is 11.6. The fraction of sp³-hybridized carbons (Fsp3) is 0.294. The number of nitrogens with zero attached hydrogens (tertiary/aromatic N) is 1. The maximum Gasteiger partial charge on any atom is 0.240 e. The lowest BCUT2D eigenvalue weighted by Crippen LogP contribution is -2.18. The molecule has 0 aliphatic heterocycles. The van der Waals surface area contributed by atoms with Crippen LogP contribution in [0.25, 0.3) is 0 Å². The Morgan fingerprint density at radius 3 is 2.86 bits per heavy atom. The normalized spacial score (nSPS) is 10.8. The highest BCUT2D eigenvalue weighted by Crippen LogP contribution is 2.09. The van der Waals surface area contributed by atoms with Gasteiger partial charge in [-0.05, 0) is 50.1 Å². The molecule has 0 aliphatic carbocycles. The van der Waals surface area contributed by atoms with E-state index in [-0.39, 0.29) is 5.91 Å². The quantitative estimate of drug-likeness (QED) is 0.468. The fourth-order valence-electron chi connectivity index (χ4n) is 1.98. The number of hydrogen-bond donors (Lipinski definition) is 2. The first kappa shape index (κ1) is 15.8. The lowest BCUT2D eigenvalue weighted by molar-refractivity contribution is -0.121. The van der Waals surface area contributed by atoms with Gasteiger partial charge in [-0.15, -0.1) is 0 Å². The average molecular weight is 299 g/mol. The molecule has 2 rings (SSSR count). The molecule has 0 saturated heterocycles. The van der Waals surface area contributed by atoms with Gasteiger partial charge < -0.3 is 9.73 Å². The highest BCUT2D eigenvalue weighted by Gasteiger charge is 2.00. The van der Waals surface area contributed by atoms with Crippen LogP contribution in [0.5, 0.6) is 0 Å². The standard InChI is InChI=1S/C17H21N3O2/c1-13-5-3-6-15(11-13)18-10-4-7-17(21)20-19-12-16-9-8-14(2)22-16/h3,5-6,8-9,11-12,18H,4,7,10H2,1-2H3,(H,20,21)/b19-12+. The fourth-order valence-corrected chi connectivity index (χ4v) is 1.98. The molecule has 116 valence electrons. The molecule has 0 bridgehead atoms. The number of hydrazone groups is 1. The van der Waals surface area contributed by atoms with E-state index in [4.69, 9.17) is 4.42 Å². The highest BCUT2D eigenvalue weighted by atomic mass is 16.3. The molecule has 0 unspecified atom stereocenters. The number of carbonyl (C=O) groups is 1. The van der Waals surface area contributed by atoms with E-state index in [1.807, 2.05) is 25.1 Å². The third-order valence-electron chi connectivity index (χ3n) is 3.07. The molecule has 5 heteroatoms. The van der Waals surface area contributed by atoms with E-state index < -0.39 is 0 Å². The Balaban J connectivity index is 1.62. The van der Waals surface area contributed by atoms with E-state index in [1.165, 1.54) is 11.8 Å². The van der Waals surface area contributed by atoms with Gasteiger partial charge in [-0.2, -0.15) is 5.10 Å². The Bertz CT molecular complexity index is 647. The zero-order chi connectivity index (χ0) is 15.8. The Morgan fingerprint density at radius 2 is 2.14 bits per heavy atom. The molecule has 1 heterocycles. The number of aryl methyl sites for hydroxylation is 2. The summed E-state index contributed by atoms with van der Waals surface area (Å²) >= 11 is 0. The number of benzene rings is 1. The summed E-state index contributed by atoms with van der Waals surface area (Å²) in [5, 5.41) is 7.16. The van der Waals surface area contributed by atoms with E-state index in [0.29, 0.717) is 12.2 Å². The van der Waals surface area contributed by atoms with Crippen molar-refractivity contribution in [2.75, 3.05) is 11.9 Å². The molecule has 5 nitrogen and oxygen atoms in total. The predicted molar refractivity (Wildman–Crippen MR) is 88.1 cm³/mol. The second-order valence-electron chi connectivity index (χ2n) is 5.14. The summed E-state index contributed by atoms with van der Waals surface area (Å²) in [5.41, 5.74) is 4.78. The molecule has 2 aromatic rings. The number of anilines is 1. The van der Waals surface area contributed by atoms with Crippen LogP contribution in [0.3, 0.4) is 0 Å². The number of hydrogen-bond acceptors (Lipinski definition) is 4. The Labute approximate surface area is 130 Å². The minimum atomic E-state index is -0.106. The second-order valence-corrected chi connectivity index (χ2v) is 5.14. The maximum absolute atomic E-state index is 11.6. The van der Waals surface area contributed by atoms with Gasteiger partial charge in [0.2, 0.25) is 5.91 Å². The van der Waals surface area contributed by atoms with Crippen LogP contribution >= 0.6 is 0 Å². The molecule has 22 heavy (non-hydrogen) atoms. The summed E-state index contributed by atoms with van der Waals surface area (Å²) < 4.78 is 5.31. The van der Waals surface area contributed by atoms with E-state index in [1.54, 1.807) is 6.07 Å². The van der Waals surface area contributed by atoms with Crippen molar-refractivity contribution >= 4 is 17.8 Å². The molecule has 1 aromatic carbocycles. The summed E-state index contributed by atoms with van der Waals surface area (Å²) in [5.74, 6) is 1.33. The number of rotatable bonds is 7. The molecule has 0 atom stereocenters. The molecule has 2 N–H and O–H groups in total. The van der Waals surface area contributed by atoms with Gasteiger partial charge in [0.25, 0.3) is 0 Å². The monoisotopic (exact) mass is 299 g/mol. The van der Waals surface area contributed by atoms with Crippen molar-refractivity contribution in [2.24, 2.45) is 5.10 Å². The van der Waals surface area contributed by atoms with Gasteiger partial charge in [-0.1, -0.05) is 12.1 Å². The van der Waals surface area contributed by atoms with Crippen molar-refractivity contribution < 1.29 is 9.21 Å². The Hall–Kier alpha value is -2.56. The van der Waals surface area contributed by atoms with Gasteiger partial charge >= 0.3 is 0 Å². The van der Waals surface area contributed by atoms with Crippen molar-refractivity contribution in [3.8, 4) is 0 Å². The minimum absolute atomic E-state index is 0.106. The Kier molecular flexibility index (Phi) is 5.77. The molecule has 0 fully saturated rings. The van der Waals surface area contributed by atoms with E-state index >= 15 is 0 Å². The summed E-state index contributed by atoms with van der Waals surface area (Å²) in [6.07, 6.45) is 2.67. The first-order valence-corrected chi connectivity index (χ1v) is 7.32. The van der Waals surface area contributed by atoms with E-state index in [9.17, 15) is 4.79 Å². The van der Waals surface area contributed by atoms with Gasteiger partial charge in [0.15, 0.2) is 0 Å². The zero-order valence-electron chi connectivity index (χ0n) is 12.9. The third kappa shape index (κ3) is 5.44. The van der Waals surface area contributed by atoms with Crippen LogP contribution in [0, 0.1) is 13.8 Å². The first-order chi connectivity index (χ1) is 10.6. The zero-order valence-corrected chi connectivity index (χ0v) is 12.9. The summed E-state index contributed by atoms with van der Waals surface area (Å²) in [6.45, 7) is 4.66. The van der Waals surface area contributed by atoms with Gasteiger partial charge in [0, 0.05) is 18.7 Å². The molecular weight excluding hydrogens is 278 g/mol. The lowest BCUT2D eigenvalue weighted by atomic mass is 10.2. The van der Waals surface area contributed by atoms with Gasteiger partial charge in [-0.25, -0.2) is 5.43 Å². The van der Waals surface area contributed by atoms with Crippen LogP contribution in [0.4, 0.5) is 5.69 Å². The molecule has 0 aliphatic rings. The highest BCUT2D eigenvalue weighted by molar-refractivity contribution is 5.80. The summed E-state index contributed by atoms with van der Waals surface area (Å²) in [6, 6.07) is 11.8. The van der Waals surface area contributed by atoms with Crippen molar-refractivity contribution in [3.63, 3.8) is 0 Å². The van der Waals surface area contributed by atoms with Crippen LogP contribution in [0.2, 0.25) is 0 Å². The van der Waals surface area contributed by atoms with Crippen molar-refractivity contribution in [3.05, 3.63) is 53.5 Å². The van der Waals surface area contributed by atoms with Crippen LogP contribution < -0.4 is 10.7 Å².